The summed E-state index contributed by atoms with van der Waals surface area (Å²) in [7, 11) is 0. The third-order valence-corrected chi connectivity index (χ3v) is 1.45. The van der Waals surface area contributed by atoms with Crippen LogP contribution in [-0.4, -0.2) is 5.24 Å². The largest absolute Gasteiger partial charge is 0.281 e. The normalized spacial score (nSPS) is 11.3. The van der Waals surface area contributed by atoms with Crippen molar-refractivity contribution >= 4 is 16.8 Å². The number of halogens is 1. The van der Waals surface area contributed by atoms with Gasteiger partial charge in [0, 0.05) is 6.42 Å². The second kappa shape index (κ2) is 6.41. The molecule has 0 bridgehead atoms. The Morgan fingerprint density at radius 2 is 2.18 bits per heavy atom. The van der Waals surface area contributed by atoms with Crippen molar-refractivity contribution in [3.8, 4) is 0 Å². The van der Waals surface area contributed by atoms with Gasteiger partial charge in [0.2, 0.25) is 5.24 Å². The average molecular weight is 175 g/mol. The van der Waals surface area contributed by atoms with Crippen LogP contribution in [0.2, 0.25) is 0 Å². The highest BCUT2D eigenvalue weighted by molar-refractivity contribution is 6.63. The fraction of sp³-hybridized carbons (Fsp3) is 0.667. The fourth-order valence-corrected chi connectivity index (χ4v) is 0.861. The molecule has 0 amide bonds. The first kappa shape index (κ1) is 10.7. The molecule has 0 aromatic rings. The molecule has 11 heavy (non-hydrogen) atoms. The summed E-state index contributed by atoms with van der Waals surface area (Å²) in [5.74, 6) is 0.599. The molecule has 0 atom stereocenters. The number of unbranched alkanes of at least 4 members (excludes halogenated alkanes) is 1. The maximum atomic E-state index is 10.3. The molecule has 1 nitrogen and oxygen atoms in total. The van der Waals surface area contributed by atoms with E-state index in [4.69, 9.17) is 11.6 Å². The lowest BCUT2D eigenvalue weighted by molar-refractivity contribution is -0.111. The van der Waals surface area contributed by atoms with Crippen molar-refractivity contribution in [2.24, 2.45) is 5.92 Å². The molecule has 0 heterocycles. The molecule has 0 rings (SSSR count). The Bertz CT molecular complexity index is 138. The summed E-state index contributed by atoms with van der Waals surface area (Å²) in [4.78, 5) is 10.3. The number of hydrogen-bond donors (Lipinski definition) is 0. The SMILES string of the molecule is CC(C)/C=C/CCCC(=O)Cl. The molecule has 64 valence electrons. The van der Waals surface area contributed by atoms with Gasteiger partial charge in [-0.15, -0.1) is 0 Å². The van der Waals surface area contributed by atoms with E-state index in [2.05, 4.69) is 26.0 Å². The molecule has 0 fully saturated rings. The standard InChI is InChI=1S/C9H15ClO/c1-8(2)6-4-3-5-7-9(10)11/h4,6,8H,3,5,7H2,1-2H3/b6-4+. The predicted molar refractivity (Wildman–Crippen MR) is 48.7 cm³/mol. The van der Waals surface area contributed by atoms with E-state index < -0.39 is 0 Å². The Morgan fingerprint density at radius 3 is 2.64 bits per heavy atom. The number of hydrogen-bond acceptors (Lipinski definition) is 1. The maximum absolute atomic E-state index is 10.3. The Labute approximate surface area is 73.4 Å². The van der Waals surface area contributed by atoms with E-state index in [1.54, 1.807) is 0 Å². The van der Waals surface area contributed by atoms with Gasteiger partial charge in [0.25, 0.3) is 0 Å². The summed E-state index contributed by atoms with van der Waals surface area (Å²) >= 11 is 5.16. The molecule has 0 saturated heterocycles. The van der Waals surface area contributed by atoms with Crippen molar-refractivity contribution in [1.82, 2.24) is 0 Å². The van der Waals surface area contributed by atoms with E-state index in [1.807, 2.05) is 0 Å². The van der Waals surface area contributed by atoms with Gasteiger partial charge < -0.3 is 0 Å². The van der Waals surface area contributed by atoms with Crippen molar-refractivity contribution < 1.29 is 4.79 Å². The van der Waals surface area contributed by atoms with Gasteiger partial charge in [-0.25, -0.2) is 0 Å². The Hall–Kier alpha value is -0.300. The summed E-state index contributed by atoms with van der Waals surface area (Å²) < 4.78 is 0. The van der Waals surface area contributed by atoms with Crippen molar-refractivity contribution in [3.63, 3.8) is 0 Å². The summed E-state index contributed by atoms with van der Waals surface area (Å²) in [5.41, 5.74) is 0. The zero-order chi connectivity index (χ0) is 8.69. The second-order valence-corrected chi connectivity index (χ2v) is 3.34. The highest BCUT2D eigenvalue weighted by Gasteiger charge is 1.92. The molecule has 0 N–H and O–H groups in total. The maximum Gasteiger partial charge on any atom is 0.221 e. The zero-order valence-corrected chi connectivity index (χ0v) is 7.90. The van der Waals surface area contributed by atoms with Gasteiger partial charge in [-0.3, -0.25) is 4.79 Å². The highest BCUT2D eigenvalue weighted by Crippen LogP contribution is 2.02. The predicted octanol–water partition coefficient (Wildman–Crippen LogP) is 3.13. The Balaban J connectivity index is 3.20. The van der Waals surface area contributed by atoms with E-state index >= 15 is 0 Å². The first-order chi connectivity index (χ1) is 5.13. The lowest BCUT2D eigenvalue weighted by Crippen LogP contribution is -1.84. The Morgan fingerprint density at radius 1 is 1.55 bits per heavy atom. The van der Waals surface area contributed by atoms with E-state index in [9.17, 15) is 4.79 Å². The smallest absolute Gasteiger partial charge is 0.221 e. The molecule has 2 heteroatoms. The third-order valence-electron chi connectivity index (χ3n) is 1.27. The molecule has 0 aromatic heterocycles. The molecule has 0 spiro atoms. The lowest BCUT2D eigenvalue weighted by atomic mass is 10.1. The second-order valence-electron chi connectivity index (χ2n) is 2.92. The number of carbonyl (C=O) groups excluding carboxylic acids is 1. The summed E-state index contributed by atoms with van der Waals surface area (Å²) in [6, 6.07) is 0. The molecular formula is C9H15ClO. The van der Waals surface area contributed by atoms with Crippen molar-refractivity contribution in [2.45, 2.75) is 33.1 Å². The molecule has 0 saturated carbocycles. The summed E-state index contributed by atoms with van der Waals surface area (Å²) in [5, 5.41) is -0.233. The summed E-state index contributed by atoms with van der Waals surface area (Å²) in [6.07, 6.45) is 6.55. The quantitative estimate of drug-likeness (QED) is 0.356. The molecular weight excluding hydrogens is 160 g/mol. The van der Waals surface area contributed by atoms with Crippen LogP contribution in [0.25, 0.3) is 0 Å². The first-order valence-corrected chi connectivity index (χ1v) is 4.35. The van der Waals surface area contributed by atoms with E-state index in [-0.39, 0.29) is 5.24 Å². The molecule has 0 aliphatic carbocycles. The topological polar surface area (TPSA) is 17.1 Å². The van der Waals surface area contributed by atoms with Crippen LogP contribution in [0.5, 0.6) is 0 Å². The summed E-state index contributed by atoms with van der Waals surface area (Å²) in [6.45, 7) is 4.26. The van der Waals surface area contributed by atoms with Crippen molar-refractivity contribution in [1.29, 1.82) is 0 Å². The first-order valence-electron chi connectivity index (χ1n) is 3.98. The number of rotatable bonds is 5. The van der Waals surface area contributed by atoms with Gasteiger partial charge in [0.1, 0.15) is 0 Å². The van der Waals surface area contributed by atoms with Gasteiger partial charge in [0.15, 0.2) is 0 Å². The molecule has 0 aliphatic heterocycles. The van der Waals surface area contributed by atoms with Crippen LogP contribution >= 0.6 is 11.6 Å². The fourth-order valence-electron chi connectivity index (χ4n) is 0.727. The number of allylic oxidation sites excluding steroid dienone is 2. The van der Waals surface area contributed by atoms with Gasteiger partial charge in [-0.2, -0.15) is 0 Å². The van der Waals surface area contributed by atoms with Crippen LogP contribution in [0.3, 0.4) is 0 Å². The van der Waals surface area contributed by atoms with Crippen molar-refractivity contribution in [3.05, 3.63) is 12.2 Å². The minimum absolute atomic E-state index is 0.233. The third kappa shape index (κ3) is 9.70. The van der Waals surface area contributed by atoms with Crippen LogP contribution in [0.4, 0.5) is 0 Å². The number of carbonyl (C=O) groups is 1. The average Bonchev–Trinajstić information content (AvgIpc) is 1.85. The van der Waals surface area contributed by atoms with E-state index in [0.717, 1.165) is 12.8 Å². The van der Waals surface area contributed by atoms with Crippen LogP contribution in [0.15, 0.2) is 12.2 Å². The lowest BCUT2D eigenvalue weighted by Gasteiger charge is -1.93. The van der Waals surface area contributed by atoms with Gasteiger partial charge in [0.05, 0.1) is 0 Å². The minimum Gasteiger partial charge on any atom is -0.281 e. The van der Waals surface area contributed by atoms with Crippen LogP contribution in [-0.2, 0) is 4.79 Å². The van der Waals surface area contributed by atoms with Gasteiger partial charge in [-0.05, 0) is 30.4 Å². The molecule has 0 radical (unpaired) electrons. The van der Waals surface area contributed by atoms with Crippen molar-refractivity contribution in [2.75, 3.05) is 0 Å². The monoisotopic (exact) mass is 174 g/mol. The highest BCUT2D eigenvalue weighted by atomic mass is 35.5. The molecule has 0 aromatic carbocycles. The molecule has 0 aliphatic rings. The van der Waals surface area contributed by atoms with Gasteiger partial charge in [-0.1, -0.05) is 26.0 Å². The minimum atomic E-state index is -0.233. The zero-order valence-electron chi connectivity index (χ0n) is 7.14. The Kier molecular flexibility index (Phi) is 6.24. The van der Waals surface area contributed by atoms with Gasteiger partial charge >= 0.3 is 0 Å². The van der Waals surface area contributed by atoms with Crippen LogP contribution < -0.4 is 0 Å². The van der Waals surface area contributed by atoms with Crippen LogP contribution in [0, 0.1) is 5.92 Å². The van der Waals surface area contributed by atoms with Crippen LogP contribution in [0.1, 0.15) is 33.1 Å². The van der Waals surface area contributed by atoms with E-state index in [1.165, 1.54) is 0 Å². The molecule has 0 unspecified atom stereocenters. The van der Waals surface area contributed by atoms with E-state index in [0.29, 0.717) is 12.3 Å².